The van der Waals surface area contributed by atoms with Crippen LogP contribution < -0.4 is 5.32 Å². The Labute approximate surface area is 146 Å². The van der Waals surface area contributed by atoms with Crippen molar-refractivity contribution in [3.8, 4) is 0 Å². The molecule has 24 heavy (non-hydrogen) atoms. The van der Waals surface area contributed by atoms with Crippen molar-refractivity contribution < 1.29 is 14.3 Å². The minimum absolute atomic E-state index is 0.0988. The number of anilines is 1. The number of rotatable bonds is 4. The summed E-state index contributed by atoms with van der Waals surface area (Å²) >= 11 is 5.71. The van der Waals surface area contributed by atoms with Crippen molar-refractivity contribution in [1.82, 2.24) is 4.98 Å². The van der Waals surface area contributed by atoms with Crippen LogP contribution in [0, 0.1) is 5.41 Å². The molecule has 0 atom stereocenters. The first-order valence-electron chi connectivity index (χ1n) is 7.45. The van der Waals surface area contributed by atoms with Crippen LogP contribution in [0.4, 0.5) is 5.69 Å². The smallest absolute Gasteiger partial charge is 0.338 e. The van der Waals surface area contributed by atoms with Gasteiger partial charge in [0.1, 0.15) is 11.8 Å². The van der Waals surface area contributed by atoms with Crippen molar-refractivity contribution in [1.29, 1.82) is 0 Å². The number of nitrogens with zero attached hydrogens (tertiary/aromatic N) is 1. The van der Waals surface area contributed by atoms with Gasteiger partial charge in [-0.2, -0.15) is 0 Å². The van der Waals surface area contributed by atoms with Gasteiger partial charge in [-0.25, -0.2) is 9.78 Å². The van der Waals surface area contributed by atoms with E-state index in [1.807, 2.05) is 20.8 Å². The lowest BCUT2D eigenvalue weighted by molar-refractivity contribution is -0.123. The maximum Gasteiger partial charge on any atom is 0.338 e. The fraction of sp³-hybridized carbons (Fsp3) is 0.278. The molecule has 0 saturated heterocycles. The van der Waals surface area contributed by atoms with Gasteiger partial charge in [-0.1, -0.05) is 44.5 Å². The van der Waals surface area contributed by atoms with Crippen LogP contribution in [0.5, 0.6) is 0 Å². The Kier molecular flexibility index (Phi) is 5.57. The van der Waals surface area contributed by atoms with Crippen LogP contribution in [0.2, 0.25) is 5.15 Å². The number of halogens is 1. The third kappa shape index (κ3) is 5.06. The third-order valence-electron chi connectivity index (χ3n) is 3.20. The lowest BCUT2D eigenvalue weighted by Crippen LogP contribution is -2.27. The molecule has 126 valence electrons. The Hall–Kier alpha value is -2.40. The van der Waals surface area contributed by atoms with E-state index in [1.54, 1.807) is 42.6 Å². The minimum Gasteiger partial charge on any atom is -0.457 e. The number of benzene rings is 1. The van der Waals surface area contributed by atoms with Gasteiger partial charge in [-0.15, -0.1) is 0 Å². The molecule has 0 aliphatic rings. The Morgan fingerprint density at radius 3 is 2.58 bits per heavy atom. The number of amides is 1. The molecule has 1 amide bonds. The first-order chi connectivity index (χ1) is 11.3. The van der Waals surface area contributed by atoms with E-state index < -0.39 is 11.4 Å². The summed E-state index contributed by atoms with van der Waals surface area (Å²) in [5.41, 5.74) is 1.14. The van der Waals surface area contributed by atoms with Gasteiger partial charge in [0.2, 0.25) is 5.91 Å². The van der Waals surface area contributed by atoms with Crippen molar-refractivity contribution in [2.45, 2.75) is 27.4 Å². The Bertz CT molecular complexity index is 737. The highest BCUT2D eigenvalue weighted by Gasteiger charge is 2.21. The van der Waals surface area contributed by atoms with E-state index in [9.17, 15) is 9.59 Å². The molecule has 1 aromatic heterocycles. The van der Waals surface area contributed by atoms with Crippen LogP contribution in [0.25, 0.3) is 0 Å². The van der Waals surface area contributed by atoms with E-state index in [4.69, 9.17) is 16.3 Å². The zero-order valence-electron chi connectivity index (χ0n) is 13.8. The summed E-state index contributed by atoms with van der Waals surface area (Å²) in [5, 5.41) is 3.17. The molecule has 1 N–H and O–H groups in total. The first-order valence-corrected chi connectivity index (χ1v) is 7.82. The van der Waals surface area contributed by atoms with Crippen molar-refractivity contribution in [2.24, 2.45) is 5.41 Å². The Morgan fingerprint density at radius 1 is 1.21 bits per heavy atom. The van der Waals surface area contributed by atoms with Crippen molar-refractivity contribution >= 4 is 29.2 Å². The summed E-state index contributed by atoms with van der Waals surface area (Å²) in [6.07, 6.45) is 1.55. The van der Waals surface area contributed by atoms with Crippen LogP contribution >= 0.6 is 11.6 Å². The molecule has 5 nitrogen and oxygen atoms in total. The maximum atomic E-state index is 12.1. The number of hydrogen-bond donors (Lipinski definition) is 1. The quantitative estimate of drug-likeness (QED) is 0.669. The zero-order chi connectivity index (χ0) is 17.7. The van der Waals surface area contributed by atoms with Gasteiger partial charge in [-0.3, -0.25) is 4.79 Å². The molecule has 0 aliphatic heterocycles. The van der Waals surface area contributed by atoms with Gasteiger partial charge < -0.3 is 10.1 Å². The van der Waals surface area contributed by atoms with Gasteiger partial charge >= 0.3 is 5.97 Å². The molecule has 0 unspecified atom stereocenters. The normalized spacial score (nSPS) is 11.0. The van der Waals surface area contributed by atoms with E-state index in [2.05, 4.69) is 10.3 Å². The molecular formula is C18H19ClN2O3. The van der Waals surface area contributed by atoms with E-state index >= 15 is 0 Å². The fourth-order valence-corrected chi connectivity index (χ4v) is 1.88. The predicted octanol–water partition coefficient (Wildman–Crippen LogP) is 4.08. The monoisotopic (exact) mass is 346 g/mol. The number of nitrogens with one attached hydrogen (secondary N) is 1. The molecule has 0 radical (unpaired) electrons. The number of esters is 1. The van der Waals surface area contributed by atoms with Crippen LogP contribution in [0.1, 0.15) is 36.7 Å². The van der Waals surface area contributed by atoms with Gasteiger partial charge in [0, 0.05) is 22.9 Å². The Balaban J connectivity index is 2.01. The van der Waals surface area contributed by atoms with E-state index in [1.165, 1.54) is 0 Å². The number of ether oxygens (including phenoxy) is 1. The summed E-state index contributed by atoms with van der Waals surface area (Å²) in [5.74, 6) is -0.600. The second-order valence-electron chi connectivity index (χ2n) is 6.35. The van der Waals surface area contributed by atoms with E-state index in [-0.39, 0.29) is 12.5 Å². The lowest BCUT2D eigenvalue weighted by Gasteiger charge is -2.17. The van der Waals surface area contributed by atoms with Crippen LogP contribution in [0.15, 0.2) is 42.6 Å². The average molecular weight is 347 g/mol. The second-order valence-corrected chi connectivity index (χ2v) is 6.74. The number of hydrogen-bond acceptors (Lipinski definition) is 4. The van der Waals surface area contributed by atoms with Crippen LogP contribution in [-0.4, -0.2) is 16.9 Å². The third-order valence-corrected chi connectivity index (χ3v) is 3.42. The molecule has 0 spiro atoms. The van der Waals surface area contributed by atoms with E-state index in [0.717, 1.165) is 5.56 Å². The first kappa shape index (κ1) is 17.9. The summed E-state index contributed by atoms with van der Waals surface area (Å²) in [6, 6.07) is 10.0. The van der Waals surface area contributed by atoms with Crippen molar-refractivity contribution in [3.63, 3.8) is 0 Å². The average Bonchev–Trinajstić information content (AvgIpc) is 2.53. The summed E-state index contributed by atoms with van der Waals surface area (Å²) in [6.45, 7) is 5.56. The number of pyridine rings is 1. The molecule has 0 saturated carbocycles. The molecule has 1 aromatic carbocycles. The summed E-state index contributed by atoms with van der Waals surface area (Å²) < 4.78 is 5.25. The maximum absolute atomic E-state index is 12.1. The van der Waals surface area contributed by atoms with Crippen LogP contribution in [0.3, 0.4) is 0 Å². The highest BCUT2D eigenvalue weighted by atomic mass is 35.5. The minimum atomic E-state index is -0.516. The highest BCUT2D eigenvalue weighted by Crippen LogP contribution is 2.18. The molecule has 2 rings (SSSR count). The van der Waals surface area contributed by atoms with Gasteiger partial charge in [0.15, 0.2) is 0 Å². The summed E-state index contributed by atoms with van der Waals surface area (Å²) in [4.78, 5) is 28.1. The molecule has 0 bridgehead atoms. The van der Waals surface area contributed by atoms with Gasteiger partial charge in [0.25, 0.3) is 0 Å². The van der Waals surface area contributed by atoms with Crippen LogP contribution in [-0.2, 0) is 16.1 Å². The molecule has 6 heteroatoms. The van der Waals surface area contributed by atoms with Crippen molar-refractivity contribution in [3.05, 3.63) is 58.9 Å². The SMILES string of the molecule is CC(C)(C)C(=O)Nc1cccc(C(=O)OCc2ccc(Cl)nc2)c1. The van der Waals surface area contributed by atoms with Gasteiger partial charge in [-0.05, 0) is 24.3 Å². The molecule has 0 aliphatic carbocycles. The molecule has 0 fully saturated rings. The number of carbonyl (C=O) groups excluding carboxylic acids is 2. The second kappa shape index (κ2) is 7.45. The largest absolute Gasteiger partial charge is 0.457 e. The van der Waals surface area contributed by atoms with Crippen molar-refractivity contribution in [2.75, 3.05) is 5.32 Å². The molecular weight excluding hydrogens is 328 g/mol. The highest BCUT2D eigenvalue weighted by molar-refractivity contribution is 6.29. The molecule has 1 heterocycles. The number of carbonyl (C=O) groups is 2. The predicted molar refractivity (Wildman–Crippen MR) is 92.9 cm³/mol. The van der Waals surface area contributed by atoms with Gasteiger partial charge in [0.05, 0.1) is 5.56 Å². The Morgan fingerprint density at radius 2 is 1.96 bits per heavy atom. The molecule has 2 aromatic rings. The lowest BCUT2D eigenvalue weighted by atomic mass is 9.95. The fourth-order valence-electron chi connectivity index (χ4n) is 1.77. The van der Waals surface area contributed by atoms with E-state index in [0.29, 0.717) is 16.4 Å². The zero-order valence-corrected chi connectivity index (χ0v) is 14.6. The topological polar surface area (TPSA) is 68.3 Å². The summed E-state index contributed by atoms with van der Waals surface area (Å²) in [7, 11) is 0. The standard InChI is InChI=1S/C18H19ClN2O3/c1-18(2,3)17(23)21-14-6-4-5-13(9-14)16(22)24-11-12-7-8-15(19)20-10-12/h4-10H,11H2,1-3H3,(H,21,23). The number of aromatic nitrogens is 1.